The first-order valence-corrected chi connectivity index (χ1v) is 2.78. The Bertz CT molecular complexity index is 94.6. The molecule has 0 bridgehead atoms. The molecule has 46 valence electrons. The highest BCUT2D eigenvalue weighted by molar-refractivity contribution is 5.10. The standard InChI is InChI=1S/C7H13N/c1-4-6(3)7(8)5-2/h5,7H,2-4,8H2,1H3. The maximum atomic E-state index is 5.51. The fraction of sp³-hybridized carbons (Fsp3) is 0.429. The van der Waals surface area contributed by atoms with E-state index in [-0.39, 0.29) is 6.04 Å². The lowest BCUT2D eigenvalue weighted by molar-refractivity contribution is 0.891. The fourth-order valence-electron chi connectivity index (χ4n) is 0.402. The Kier molecular flexibility index (Phi) is 3.20. The first-order valence-electron chi connectivity index (χ1n) is 2.78. The van der Waals surface area contributed by atoms with E-state index in [4.69, 9.17) is 5.73 Å². The summed E-state index contributed by atoms with van der Waals surface area (Å²) in [5.74, 6) is 0. The Hall–Kier alpha value is -0.560. The van der Waals surface area contributed by atoms with Crippen LogP contribution in [-0.4, -0.2) is 6.04 Å². The molecule has 0 heterocycles. The van der Waals surface area contributed by atoms with Crippen LogP contribution in [0, 0.1) is 0 Å². The molecule has 1 nitrogen and oxygen atoms in total. The summed E-state index contributed by atoms with van der Waals surface area (Å²) in [4.78, 5) is 0. The van der Waals surface area contributed by atoms with E-state index in [0.717, 1.165) is 12.0 Å². The molecule has 0 aromatic carbocycles. The summed E-state index contributed by atoms with van der Waals surface area (Å²) in [6, 6.07) is -0.0139. The van der Waals surface area contributed by atoms with E-state index < -0.39 is 0 Å². The highest BCUT2D eigenvalue weighted by atomic mass is 14.6. The topological polar surface area (TPSA) is 26.0 Å². The zero-order valence-electron chi connectivity index (χ0n) is 5.35. The predicted molar refractivity (Wildman–Crippen MR) is 37.6 cm³/mol. The van der Waals surface area contributed by atoms with Gasteiger partial charge in [-0.3, -0.25) is 0 Å². The van der Waals surface area contributed by atoms with Gasteiger partial charge in [-0.2, -0.15) is 0 Å². The molecule has 2 N–H and O–H groups in total. The molecule has 0 rings (SSSR count). The summed E-state index contributed by atoms with van der Waals surface area (Å²) in [5, 5.41) is 0. The molecule has 0 saturated heterocycles. The molecule has 0 aromatic heterocycles. The van der Waals surface area contributed by atoms with Crippen molar-refractivity contribution in [1.29, 1.82) is 0 Å². The molecule has 0 aliphatic heterocycles. The van der Waals surface area contributed by atoms with Crippen molar-refractivity contribution in [3.63, 3.8) is 0 Å². The van der Waals surface area contributed by atoms with Gasteiger partial charge in [0.2, 0.25) is 0 Å². The second-order valence-corrected chi connectivity index (χ2v) is 1.77. The van der Waals surface area contributed by atoms with Crippen LogP contribution in [0.3, 0.4) is 0 Å². The fourth-order valence-corrected chi connectivity index (χ4v) is 0.402. The monoisotopic (exact) mass is 111 g/mol. The van der Waals surface area contributed by atoms with Gasteiger partial charge in [0.1, 0.15) is 0 Å². The highest BCUT2D eigenvalue weighted by Crippen LogP contribution is 2.00. The van der Waals surface area contributed by atoms with Crippen LogP contribution in [0.5, 0.6) is 0 Å². The van der Waals surface area contributed by atoms with E-state index in [2.05, 4.69) is 13.2 Å². The molecule has 0 aromatic rings. The summed E-state index contributed by atoms with van der Waals surface area (Å²) in [6.07, 6.45) is 2.64. The van der Waals surface area contributed by atoms with Crippen LogP contribution in [0.1, 0.15) is 13.3 Å². The first kappa shape index (κ1) is 7.44. The molecular formula is C7H13N. The largest absolute Gasteiger partial charge is 0.321 e. The van der Waals surface area contributed by atoms with E-state index >= 15 is 0 Å². The Balaban J connectivity index is 3.62. The Labute approximate surface area is 50.9 Å². The van der Waals surface area contributed by atoms with Gasteiger partial charge in [0.15, 0.2) is 0 Å². The van der Waals surface area contributed by atoms with Crippen molar-refractivity contribution in [2.24, 2.45) is 5.73 Å². The van der Waals surface area contributed by atoms with Crippen LogP contribution in [0.25, 0.3) is 0 Å². The quantitative estimate of drug-likeness (QED) is 0.548. The second-order valence-electron chi connectivity index (χ2n) is 1.77. The molecule has 1 unspecified atom stereocenters. The van der Waals surface area contributed by atoms with Crippen molar-refractivity contribution >= 4 is 0 Å². The maximum absolute atomic E-state index is 5.51. The van der Waals surface area contributed by atoms with E-state index in [1.165, 1.54) is 0 Å². The van der Waals surface area contributed by atoms with Crippen LogP contribution in [0.2, 0.25) is 0 Å². The summed E-state index contributed by atoms with van der Waals surface area (Å²) < 4.78 is 0. The highest BCUT2D eigenvalue weighted by Gasteiger charge is 1.96. The predicted octanol–water partition coefficient (Wildman–Crippen LogP) is 1.47. The lowest BCUT2D eigenvalue weighted by Crippen LogP contribution is -2.17. The van der Waals surface area contributed by atoms with Crippen molar-refractivity contribution in [1.82, 2.24) is 0 Å². The molecule has 0 amide bonds. The molecule has 1 atom stereocenters. The second kappa shape index (κ2) is 3.44. The normalized spacial score (nSPS) is 12.8. The summed E-state index contributed by atoms with van der Waals surface area (Å²) in [5.41, 5.74) is 6.55. The molecule has 0 spiro atoms. The number of nitrogens with two attached hydrogens (primary N) is 1. The molecule has 0 saturated carbocycles. The van der Waals surface area contributed by atoms with Crippen LogP contribution < -0.4 is 5.73 Å². The van der Waals surface area contributed by atoms with Gasteiger partial charge in [-0.25, -0.2) is 0 Å². The van der Waals surface area contributed by atoms with Gasteiger partial charge in [-0.05, 0) is 6.42 Å². The summed E-state index contributed by atoms with van der Waals surface area (Å²) in [6.45, 7) is 9.32. The third kappa shape index (κ3) is 1.94. The third-order valence-corrected chi connectivity index (χ3v) is 1.18. The van der Waals surface area contributed by atoms with Crippen LogP contribution in [0.15, 0.2) is 24.8 Å². The van der Waals surface area contributed by atoms with E-state index in [1.54, 1.807) is 6.08 Å². The lowest BCUT2D eigenvalue weighted by atomic mass is 10.1. The molecule has 0 aliphatic carbocycles. The van der Waals surface area contributed by atoms with Gasteiger partial charge in [-0.15, -0.1) is 6.58 Å². The zero-order valence-corrected chi connectivity index (χ0v) is 5.35. The molecule has 0 radical (unpaired) electrons. The lowest BCUT2D eigenvalue weighted by Gasteiger charge is -2.05. The Morgan fingerprint density at radius 2 is 2.38 bits per heavy atom. The number of hydrogen-bond donors (Lipinski definition) is 1. The van der Waals surface area contributed by atoms with Crippen LogP contribution >= 0.6 is 0 Å². The van der Waals surface area contributed by atoms with Gasteiger partial charge in [0.05, 0.1) is 0 Å². The van der Waals surface area contributed by atoms with Crippen molar-refractivity contribution in [3.8, 4) is 0 Å². The smallest absolute Gasteiger partial charge is 0.0434 e. The zero-order chi connectivity index (χ0) is 6.57. The SMILES string of the molecule is C=CC(N)C(=C)CC. The van der Waals surface area contributed by atoms with Crippen molar-refractivity contribution in [2.75, 3.05) is 0 Å². The Morgan fingerprint density at radius 3 is 2.50 bits per heavy atom. The minimum absolute atomic E-state index is 0.0139. The minimum Gasteiger partial charge on any atom is -0.321 e. The van der Waals surface area contributed by atoms with Gasteiger partial charge in [-0.1, -0.05) is 25.2 Å². The van der Waals surface area contributed by atoms with Gasteiger partial charge >= 0.3 is 0 Å². The van der Waals surface area contributed by atoms with Crippen molar-refractivity contribution < 1.29 is 0 Å². The van der Waals surface area contributed by atoms with Gasteiger partial charge in [0, 0.05) is 6.04 Å². The van der Waals surface area contributed by atoms with Crippen molar-refractivity contribution in [2.45, 2.75) is 19.4 Å². The average molecular weight is 111 g/mol. The van der Waals surface area contributed by atoms with Crippen molar-refractivity contribution in [3.05, 3.63) is 24.8 Å². The van der Waals surface area contributed by atoms with E-state index in [1.807, 2.05) is 6.92 Å². The minimum atomic E-state index is -0.0139. The van der Waals surface area contributed by atoms with E-state index in [0.29, 0.717) is 0 Å². The summed E-state index contributed by atoms with van der Waals surface area (Å²) in [7, 11) is 0. The third-order valence-electron chi connectivity index (χ3n) is 1.18. The number of rotatable bonds is 3. The van der Waals surface area contributed by atoms with Crippen LogP contribution in [-0.2, 0) is 0 Å². The number of hydrogen-bond acceptors (Lipinski definition) is 1. The average Bonchev–Trinajstić information content (AvgIpc) is 1.84. The molecule has 0 aliphatic rings. The summed E-state index contributed by atoms with van der Waals surface area (Å²) >= 11 is 0. The van der Waals surface area contributed by atoms with Gasteiger partial charge in [0.25, 0.3) is 0 Å². The maximum Gasteiger partial charge on any atom is 0.0434 e. The first-order chi connectivity index (χ1) is 3.72. The Morgan fingerprint density at radius 1 is 1.88 bits per heavy atom. The molecule has 0 fully saturated rings. The van der Waals surface area contributed by atoms with Crippen LogP contribution in [0.4, 0.5) is 0 Å². The molecule has 1 heteroatoms. The molecule has 8 heavy (non-hydrogen) atoms. The van der Waals surface area contributed by atoms with E-state index in [9.17, 15) is 0 Å². The molecular weight excluding hydrogens is 98.1 g/mol. The van der Waals surface area contributed by atoms with Gasteiger partial charge < -0.3 is 5.73 Å².